The first kappa shape index (κ1) is 36.8. The number of aliphatic hydroxyl groups is 1. The lowest BCUT2D eigenvalue weighted by molar-refractivity contribution is -0.162. The van der Waals surface area contributed by atoms with Gasteiger partial charge in [0.25, 0.3) is 5.91 Å². The van der Waals surface area contributed by atoms with E-state index in [0.717, 1.165) is 0 Å². The number of halogens is 2. The standard InChI is InChI=1S/C37H43BrClN3O7/c1-5-8-14-28(44)40-22(4)31(23-12-10-9-11-13-23)48-36(47)29-30-34(45)42(25(7-3)21-43)33(37(30)20-27(38)32(29)49-37)35(46)41(19-6-2)26-17-15-24(39)16-18-26/h5-6,9-13,15-18,22,25,27,29-33,43H,1-2,7-8,14,19-21H2,3-4H3,(H,40,44)/t22-,25-,27?,29+,30-,31-,32+,33+,37-/m0/s1. The van der Waals surface area contributed by atoms with Crippen LogP contribution in [0.15, 0.2) is 79.9 Å². The second kappa shape index (κ2) is 15.6. The maximum absolute atomic E-state index is 14.8. The number of anilines is 1. The molecule has 5 rings (SSSR count). The maximum atomic E-state index is 14.8. The van der Waals surface area contributed by atoms with Gasteiger partial charge in [0, 0.05) is 28.5 Å². The van der Waals surface area contributed by atoms with Crippen molar-refractivity contribution in [2.45, 2.75) is 80.3 Å². The second-order valence-corrected chi connectivity index (χ2v) is 14.4. The molecular formula is C37H43BrClN3O7. The molecule has 3 heterocycles. The molecule has 49 heavy (non-hydrogen) atoms. The number of benzene rings is 2. The summed E-state index contributed by atoms with van der Waals surface area (Å²) in [5.41, 5.74) is -0.159. The van der Waals surface area contributed by atoms with Crippen LogP contribution in [0, 0.1) is 11.8 Å². The molecule has 3 saturated heterocycles. The highest BCUT2D eigenvalue weighted by molar-refractivity contribution is 9.09. The molecule has 2 bridgehead atoms. The zero-order chi connectivity index (χ0) is 35.5. The van der Waals surface area contributed by atoms with Gasteiger partial charge in [0.05, 0.1) is 36.6 Å². The zero-order valence-electron chi connectivity index (χ0n) is 27.7. The molecule has 9 atom stereocenters. The molecule has 3 amide bonds. The van der Waals surface area contributed by atoms with Crippen LogP contribution in [0.4, 0.5) is 5.69 Å². The summed E-state index contributed by atoms with van der Waals surface area (Å²) >= 11 is 9.86. The Morgan fingerprint density at radius 3 is 2.49 bits per heavy atom. The Labute approximate surface area is 300 Å². The number of carbonyl (C=O) groups excluding carboxylic acids is 4. The third-order valence-electron chi connectivity index (χ3n) is 9.81. The monoisotopic (exact) mass is 755 g/mol. The summed E-state index contributed by atoms with van der Waals surface area (Å²) in [6.07, 6.45) is 3.01. The van der Waals surface area contributed by atoms with Crippen LogP contribution < -0.4 is 10.2 Å². The number of ether oxygens (including phenoxy) is 2. The van der Waals surface area contributed by atoms with Crippen LogP contribution in [0.25, 0.3) is 0 Å². The first-order valence-electron chi connectivity index (χ1n) is 16.6. The Bertz CT molecular complexity index is 1550. The summed E-state index contributed by atoms with van der Waals surface area (Å²) in [5.74, 6) is -3.84. The van der Waals surface area contributed by atoms with Crippen LogP contribution in [-0.2, 0) is 28.7 Å². The molecule has 2 N–H and O–H groups in total. The van der Waals surface area contributed by atoms with E-state index in [9.17, 15) is 24.3 Å². The normalized spacial score (nSPS) is 27.2. The van der Waals surface area contributed by atoms with Crippen LogP contribution in [0.3, 0.4) is 0 Å². The Balaban J connectivity index is 1.52. The lowest BCUT2D eigenvalue weighted by Crippen LogP contribution is -2.59. The van der Waals surface area contributed by atoms with Gasteiger partial charge in [-0.2, -0.15) is 0 Å². The maximum Gasteiger partial charge on any atom is 0.313 e. The van der Waals surface area contributed by atoms with E-state index < -0.39 is 65.6 Å². The number of likely N-dealkylation sites (tertiary alicyclic amines) is 1. The Hall–Kier alpha value is -3.51. The number of esters is 1. The van der Waals surface area contributed by atoms with E-state index in [4.69, 9.17) is 21.1 Å². The molecule has 2 aromatic rings. The van der Waals surface area contributed by atoms with Crippen LogP contribution in [-0.4, -0.2) is 81.5 Å². The van der Waals surface area contributed by atoms with Crippen molar-refractivity contribution in [2.24, 2.45) is 11.8 Å². The fraction of sp³-hybridized carbons (Fsp3) is 0.459. The van der Waals surface area contributed by atoms with Gasteiger partial charge >= 0.3 is 5.97 Å². The van der Waals surface area contributed by atoms with Gasteiger partial charge in [-0.05, 0) is 56.0 Å². The number of hydrogen-bond donors (Lipinski definition) is 2. The lowest BCUT2D eigenvalue weighted by atomic mass is 9.70. The molecule has 10 nitrogen and oxygen atoms in total. The number of fused-ring (bicyclic) bond motifs is 1. The van der Waals surface area contributed by atoms with E-state index in [1.54, 1.807) is 43.3 Å². The Kier molecular flexibility index (Phi) is 11.7. The SMILES string of the molecule is C=CCCC(=O)N[C@@H](C)[C@H](OC(=O)[C@H]1[C@@H]2O[C@@]3(CC2Br)[C@@H]1C(=O)N([C@@H](CC)CO)[C@@H]3C(=O)N(CC=C)c1ccc(Cl)cc1)c1ccccc1. The van der Waals surface area contributed by atoms with Gasteiger partial charge in [-0.25, -0.2) is 0 Å². The minimum atomic E-state index is -1.38. The molecule has 3 aliphatic heterocycles. The lowest BCUT2D eigenvalue weighted by Gasteiger charge is -2.39. The van der Waals surface area contributed by atoms with Crippen molar-refractivity contribution in [3.63, 3.8) is 0 Å². The average Bonchev–Trinajstić information content (AvgIpc) is 3.69. The summed E-state index contributed by atoms with van der Waals surface area (Å²) in [5, 5.41) is 13.9. The molecule has 12 heteroatoms. The summed E-state index contributed by atoms with van der Waals surface area (Å²) in [6, 6.07) is 13.4. The van der Waals surface area contributed by atoms with Gasteiger partial charge < -0.3 is 29.7 Å². The predicted molar refractivity (Wildman–Crippen MR) is 190 cm³/mol. The number of nitrogens with one attached hydrogen (secondary N) is 1. The molecule has 0 saturated carbocycles. The van der Waals surface area contributed by atoms with Crippen LogP contribution >= 0.6 is 27.5 Å². The van der Waals surface area contributed by atoms with Gasteiger partial charge in [0.15, 0.2) is 0 Å². The fourth-order valence-corrected chi connectivity index (χ4v) is 8.65. The third-order valence-corrected chi connectivity index (χ3v) is 10.9. The average molecular weight is 757 g/mol. The molecular weight excluding hydrogens is 714 g/mol. The largest absolute Gasteiger partial charge is 0.455 e. The highest BCUT2D eigenvalue weighted by atomic mass is 79.9. The van der Waals surface area contributed by atoms with Crippen molar-refractivity contribution in [3.8, 4) is 0 Å². The van der Waals surface area contributed by atoms with Crippen molar-refractivity contribution in [1.82, 2.24) is 10.2 Å². The highest BCUT2D eigenvalue weighted by Crippen LogP contribution is 2.61. The molecule has 3 fully saturated rings. The number of hydrogen-bond acceptors (Lipinski definition) is 7. The first-order valence-corrected chi connectivity index (χ1v) is 17.9. The summed E-state index contributed by atoms with van der Waals surface area (Å²) in [7, 11) is 0. The predicted octanol–water partition coefficient (Wildman–Crippen LogP) is 5.13. The van der Waals surface area contributed by atoms with E-state index in [-0.39, 0.29) is 36.7 Å². The van der Waals surface area contributed by atoms with Gasteiger partial charge in [-0.15, -0.1) is 13.2 Å². The van der Waals surface area contributed by atoms with Crippen molar-refractivity contribution in [2.75, 3.05) is 18.1 Å². The van der Waals surface area contributed by atoms with E-state index in [1.807, 2.05) is 37.3 Å². The first-order chi connectivity index (χ1) is 23.5. The number of amides is 3. The smallest absolute Gasteiger partial charge is 0.313 e. The van der Waals surface area contributed by atoms with E-state index >= 15 is 0 Å². The molecule has 0 radical (unpaired) electrons. The van der Waals surface area contributed by atoms with Gasteiger partial charge in [0.1, 0.15) is 17.7 Å². The number of alkyl halides is 1. The minimum Gasteiger partial charge on any atom is -0.455 e. The Morgan fingerprint density at radius 2 is 1.88 bits per heavy atom. The highest BCUT2D eigenvalue weighted by Gasteiger charge is 2.77. The van der Waals surface area contributed by atoms with Crippen molar-refractivity contribution in [3.05, 3.63) is 90.5 Å². The van der Waals surface area contributed by atoms with Crippen molar-refractivity contribution < 1.29 is 33.8 Å². The zero-order valence-corrected chi connectivity index (χ0v) is 30.0. The molecule has 0 aliphatic carbocycles. The quantitative estimate of drug-likeness (QED) is 0.147. The molecule has 2 aromatic carbocycles. The number of aliphatic hydroxyl groups excluding tert-OH is 1. The topological polar surface area (TPSA) is 125 Å². The summed E-state index contributed by atoms with van der Waals surface area (Å²) in [4.78, 5) is 59.0. The minimum absolute atomic E-state index is 0.136. The van der Waals surface area contributed by atoms with Gasteiger partial charge in [-0.3, -0.25) is 19.2 Å². The molecule has 0 aromatic heterocycles. The van der Waals surface area contributed by atoms with Crippen LogP contribution in [0.1, 0.15) is 51.2 Å². The van der Waals surface area contributed by atoms with Crippen molar-refractivity contribution >= 4 is 56.9 Å². The summed E-state index contributed by atoms with van der Waals surface area (Å²) in [6.45, 7) is 10.9. The molecule has 262 valence electrons. The number of rotatable bonds is 15. The van der Waals surface area contributed by atoms with Gasteiger partial charge in [-0.1, -0.05) is 76.9 Å². The molecule has 3 aliphatic rings. The number of carbonyl (C=O) groups is 4. The second-order valence-electron chi connectivity index (χ2n) is 12.8. The van der Waals surface area contributed by atoms with E-state index in [1.165, 1.54) is 9.80 Å². The number of nitrogens with zero attached hydrogens (tertiary/aromatic N) is 2. The fourth-order valence-electron chi connectivity index (χ4n) is 7.58. The van der Waals surface area contributed by atoms with E-state index in [2.05, 4.69) is 34.4 Å². The molecule has 1 spiro atoms. The van der Waals surface area contributed by atoms with E-state index in [0.29, 0.717) is 29.1 Å². The Morgan fingerprint density at radius 1 is 1.18 bits per heavy atom. The van der Waals surface area contributed by atoms with Crippen molar-refractivity contribution in [1.29, 1.82) is 0 Å². The third kappa shape index (κ3) is 6.95. The van der Waals surface area contributed by atoms with Crippen LogP contribution in [0.2, 0.25) is 5.02 Å². The number of allylic oxidation sites excluding steroid dienone is 1. The summed E-state index contributed by atoms with van der Waals surface area (Å²) < 4.78 is 12.9. The van der Waals surface area contributed by atoms with Crippen LogP contribution in [0.5, 0.6) is 0 Å². The molecule has 1 unspecified atom stereocenters. The van der Waals surface area contributed by atoms with Gasteiger partial charge in [0.2, 0.25) is 11.8 Å².